The second-order valence-electron chi connectivity index (χ2n) is 17.0. The molecule has 3 aliphatic rings. The quantitative estimate of drug-likeness (QED) is 0.0954. The molecule has 1 unspecified atom stereocenters. The van der Waals surface area contributed by atoms with Crippen LogP contribution in [0.2, 0.25) is 0 Å². The van der Waals surface area contributed by atoms with Gasteiger partial charge in [0.1, 0.15) is 49.3 Å². The smallest absolute Gasteiger partial charge is 0.408 e. The number of nitrogens with zero attached hydrogens (tertiary/aromatic N) is 3. The molecule has 3 heterocycles. The van der Waals surface area contributed by atoms with Crippen LogP contribution < -0.4 is 25.4 Å². The predicted molar refractivity (Wildman–Crippen MR) is 226 cm³/mol. The van der Waals surface area contributed by atoms with Gasteiger partial charge in [0.25, 0.3) is 0 Å². The van der Waals surface area contributed by atoms with Crippen molar-refractivity contribution < 1.29 is 33.2 Å². The van der Waals surface area contributed by atoms with Crippen LogP contribution in [0, 0.1) is 11.3 Å². The van der Waals surface area contributed by atoms with Crippen molar-refractivity contribution in [2.45, 2.75) is 129 Å². The zero-order valence-electron chi connectivity index (χ0n) is 34.3. The topological polar surface area (TPSA) is 161 Å². The van der Waals surface area contributed by atoms with E-state index in [9.17, 15) is 18.9 Å². The van der Waals surface area contributed by atoms with Crippen LogP contribution in [0.25, 0.3) is 22.3 Å². The summed E-state index contributed by atoms with van der Waals surface area (Å²) < 4.78 is 31.8. The summed E-state index contributed by atoms with van der Waals surface area (Å²) in [4.78, 5) is 53.7. The van der Waals surface area contributed by atoms with Crippen molar-refractivity contribution in [3.8, 4) is 22.9 Å². The van der Waals surface area contributed by atoms with Crippen molar-refractivity contribution >= 4 is 53.1 Å². The number of rotatable bonds is 16. The number of aromatic nitrogens is 2. The third-order valence-electron chi connectivity index (χ3n) is 11.2. The number of methoxy groups -OCH3 is 1. The molecule has 1 saturated heterocycles. The van der Waals surface area contributed by atoms with E-state index in [2.05, 4.69) is 22.5 Å². The van der Waals surface area contributed by atoms with Gasteiger partial charge in [0, 0.05) is 47.4 Å². The number of fused-ring (bicyclic) bond motifs is 1. The number of ether oxygens (including phenoxy) is 3. The molecule has 2 aliphatic carbocycles. The molecule has 57 heavy (non-hydrogen) atoms. The van der Waals surface area contributed by atoms with Gasteiger partial charge in [0.2, 0.25) is 11.8 Å². The molecule has 1 aliphatic heterocycles. The summed E-state index contributed by atoms with van der Waals surface area (Å²) in [5.41, 5.74) is 1.18. The van der Waals surface area contributed by atoms with Gasteiger partial charge in [0.15, 0.2) is 5.13 Å². The highest BCUT2D eigenvalue weighted by Crippen LogP contribution is 2.60. The van der Waals surface area contributed by atoms with Crippen LogP contribution in [0.1, 0.15) is 92.9 Å². The van der Waals surface area contributed by atoms with E-state index in [1.165, 1.54) is 16.2 Å². The lowest BCUT2D eigenvalue weighted by atomic mass is 9.85. The first-order valence-electron chi connectivity index (χ1n) is 20.3. The van der Waals surface area contributed by atoms with Gasteiger partial charge in [-0.05, 0) is 69.9 Å². The molecule has 0 radical (unpaired) electrons. The van der Waals surface area contributed by atoms with Gasteiger partial charge in [-0.1, -0.05) is 40.2 Å². The SMILES string of the molecule is C=C[C@@H]1C[C@]1(NC(=O)[C@@H]1C[C@@H](Oc2cc(-c3csc(NC(C)C)n3)nc3cc(OC)ccc23)CN1C(=O)[C@@H](NC(=O)OC1CCCC1)C(C)(C)C)[PH](=O)CCCC. The minimum absolute atomic E-state index is 0.0697. The summed E-state index contributed by atoms with van der Waals surface area (Å²) >= 11 is 1.48. The van der Waals surface area contributed by atoms with Crippen LogP contribution in [-0.2, 0) is 18.9 Å². The number of hydrogen-bond acceptors (Lipinski definition) is 11. The number of amides is 3. The molecule has 2 aromatic heterocycles. The number of thiazole rings is 1. The van der Waals surface area contributed by atoms with Gasteiger partial charge in [-0.3, -0.25) is 9.59 Å². The van der Waals surface area contributed by atoms with Crippen molar-refractivity contribution in [1.82, 2.24) is 25.5 Å². The van der Waals surface area contributed by atoms with E-state index in [1.54, 1.807) is 13.2 Å². The zero-order valence-corrected chi connectivity index (χ0v) is 36.1. The zero-order chi connectivity index (χ0) is 41.1. The molecule has 3 N–H and O–H groups in total. The van der Waals surface area contributed by atoms with Crippen molar-refractivity contribution in [3.63, 3.8) is 0 Å². The molecular weight excluding hydrogens is 764 g/mol. The first kappa shape index (κ1) is 42.4. The van der Waals surface area contributed by atoms with Gasteiger partial charge in [0.05, 0.1) is 30.1 Å². The van der Waals surface area contributed by atoms with E-state index in [0.29, 0.717) is 41.0 Å². The lowest BCUT2D eigenvalue weighted by Crippen LogP contribution is -2.58. The van der Waals surface area contributed by atoms with E-state index < -0.39 is 54.6 Å². The molecule has 13 nitrogen and oxygen atoms in total. The molecule has 310 valence electrons. The highest BCUT2D eigenvalue weighted by Gasteiger charge is 2.59. The van der Waals surface area contributed by atoms with Crippen LogP contribution in [-0.4, -0.2) is 88.2 Å². The van der Waals surface area contributed by atoms with Gasteiger partial charge < -0.3 is 39.6 Å². The van der Waals surface area contributed by atoms with Crippen molar-refractivity contribution in [1.29, 1.82) is 0 Å². The fourth-order valence-corrected chi connectivity index (χ4v) is 11.1. The number of anilines is 1. The summed E-state index contributed by atoms with van der Waals surface area (Å²) in [6.07, 6.45) is 6.81. The van der Waals surface area contributed by atoms with Crippen LogP contribution in [0.15, 0.2) is 42.3 Å². The lowest BCUT2D eigenvalue weighted by Gasteiger charge is -2.35. The Kier molecular flexibility index (Phi) is 13.2. The minimum Gasteiger partial charge on any atom is -0.497 e. The predicted octanol–water partition coefficient (Wildman–Crippen LogP) is 8.00. The number of pyridine rings is 1. The molecule has 15 heteroatoms. The first-order valence-corrected chi connectivity index (χ1v) is 22.8. The van der Waals surface area contributed by atoms with Crippen molar-refractivity contribution in [2.75, 3.05) is 25.1 Å². The summed E-state index contributed by atoms with van der Waals surface area (Å²) in [6, 6.07) is 5.64. The fourth-order valence-electron chi connectivity index (χ4n) is 7.89. The largest absolute Gasteiger partial charge is 0.497 e. The first-order chi connectivity index (χ1) is 27.1. The second kappa shape index (κ2) is 17.8. The fraction of sp³-hybridized carbons (Fsp3) is 0.595. The van der Waals surface area contributed by atoms with E-state index in [1.807, 2.05) is 71.2 Å². The Hall–Kier alpha value is -4.16. The second-order valence-corrected chi connectivity index (χ2v) is 20.1. The average molecular weight is 823 g/mol. The van der Waals surface area contributed by atoms with Gasteiger partial charge in [-0.25, -0.2) is 14.8 Å². The van der Waals surface area contributed by atoms with Gasteiger partial charge >= 0.3 is 6.09 Å². The Labute approximate surface area is 340 Å². The minimum atomic E-state index is -2.22. The molecule has 6 atom stereocenters. The van der Waals surface area contributed by atoms with Crippen LogP contribution >= 0.6 is 19.1 Å². The standard InChI is InChI=1S/C42H59N6O7PS/c1-9-11-18-56(52)42(22-26(42)10-2)47-37(49)34-20-29(23-48(34)38(50)36(41(5,6)7)46-40(51)55-27-14-12-13-15-27)54-35-21-32(33-24-57-39(45-33)43-25(3)4)44-31-19-28(53-8)16-17-30(31)35/h10,16-17,19,21,24-27,29,34,36,56H,2,9,11-15,18,20,22-23H2,1,3-8H3,(H,43,45)(H,46,51)(H,47,49)/t26-,29-,34+,36-,42+/m1/s1. The van der Waals surface area contributed by atoms with E-state index >= 15 is 0 Å². The Bertz CT molecular complexity index is 1980. The monoisotopic (exact) mass is 822 g/mol. The lowest BCUT2D eigenvalue weighted by molar-refractivity contribution is -0.142. The van der Waals surface area contributed by atoms with Crippen molar-refractivity contribution in [2.24, 2.45) is 11.3 Å². The van der Waals surface area contributed by atoms with E-state index in [0.717, 1.165) is 49.0 Å². The number of carbonyl (C=O) groups excluding carboxylic acids is 3. The maximum Gasteiger partial charge on any atom is 0.408 e. The van der Waals surface area contributed by atoms with Crippen molar-refractivity contribution in [3.05, 3.63) is 42.3 Å². The number of unbranched alkanes of at least 4 members (excludes halogenated alkanes) is 1. The number of likely N-dealkylation sites (tertiary alicyclic amines) is 1. The Morgan fingerprint density at radius 3 is 2.53 bits per heavy atom. The molecule has 3 fully saturated rings. The number of nitrogens with one attached hydrogen (secondary N) is 3. The van der Waals surface area contributed by atoms with Crippen LogP contribution in [0.3, 0.4) is 0 Å². The number of hydrogen-bond donors (Lipinski definition) is 3. The molecule has 0 spiro atoms. The van der Waals surface area contributed by atoms with E-state index in [-0.39, 0.29) is 31.0 Å². The highest BCUT2D eigenvalue weighted by molar-refractivity contribution is 7.47. The Morgan fingerprint density at radius 1 is 1.12 bits per heavy atom. The summed E-state index contributed by atoms with van der Waals surface area (Å²) in [5.74, 6) is 0.219. The summed E-state index contributed by atoms with van der Waals surface area (Å²) in [5, 5.41) is 11.9. The summed E-state index contributed by atoms with van der Waals surface area (Å²) in [6.45, 7) is 15.8. The molecule has 3 amide bonds. The van der Waals surface area contributed by atoms with Gasteiger partial charge in [-0.2, -0.15) is 0 Å². The Balaban J connectivity index is 1.33. The normalized spacial score (nSPS) is 23.2. The molecule has 6 rings (SSSR count). The average Bonchev–Trinajstić information content (AvgIpc) is 3.59. The number of alkyl carbamates (subject to hydrolysis) is 1. The molecule has 0 bridgehead atoms. The van der Waals surface area contributed by atoms with E-state index in [4.69, 9.17) is 24.2 Å². The molecule has 1 aromatic carbocycles. The third kappa shape index (κ3) is 9.76. The maximum absolute atomic E-state index is 14.8. The number of benzene rings is 1. The molecule has 3 aromatic rings. The van der Waals surface area contributed by atoms with Crippen LogP contribution in [0.4, 0.5) is 9.93 Å². The third-order valence-corrected chi connectivity index (χ3v) is 14.4. The maximum atomic E-state index is 14.8. The molecular formula is C42H59N6O7PS. The van der Waals surface area contributed by atoms with Crippen LogP contribution in [0.5, 0.6) is 11.5 Å². The van der Waals surface area contributed by atoms with Gasteiger partial charge in [-0.15, -0.1) is 17.9 Å². The Morgan fingerprint density at radius 2 is 1.88 bits per heavy atom. The summed E-state index contributed by atoms with van der Waals surface area (Å²) in [7, 11) is -0.623. The highest BCUT2D eigenvalue weighted by atomic mass is 32.1. The molecule has 2 saturated carbocycles. The number of carbonyl (C=O) groups is 3.